The Morgan fingerprint density at radius 2 is 2.00 bits per heavy atom. The lowest BCUT2D eigenvalue weighted by Crippen LogP contribution is -2.40. The average molecular weight is 337 g/mol. The quantitative estimate of drug-likeness (QED) is 0.219. The third-order valence-corrected chi connectivity index (χ3v) is 3.50. The van der Waals surface area contributed by atoms with Crippen LogP contribution in [0.4, 0.5) is 5.69 Å². The van der Waals surface area contributed by atoms with Crippen LogP contribution < -0.4 is 10.6 Å². The van der Waals surface area contributed by atoms with E-state index in [4.69, 9.17) is 4.74 Å². The number of nitro benzene ring substituents is 1. The molecular formula is C16H27N5O3. The lowest BCUT2D eigenvalue weighted by Gasteiger charge is -2.18. The fourth-order valence-corrected chi connectivity index (χ4v) is 2.10. The average Bonchev–Trinajstić information content (AvgIpc) is 2.58. The van der Waals surface area contributed by atoms with Crippen molar-refractivity contribution in [3.05, 3.63) is 39.9 Å². The minimum Gasteiger partial charge on any atom is -0.385 e. The van der Waals surface area contributed by atoms with E-state index in [0.717, 1.165) is 38.2 Å². The van der Waals surface area contributed by atoms with Crippen LogP contribution in [0.3, 0.4) is 0 Å². The number of ether oxygens (including phenoxy) is 1. The van der Waals surface area contributed by atoms with Gasteiger partial charge < -0.3 is 20.3 Å². The lowest BCUT2D eigenvalue weighted by atomic mass is 10.2. The van der Waals surface area contributed by atoms with Crippen LogP contribution in [0.15, 0.2) is 29.3 Å². The topological polar surface area (TPSA) is 92.0 Å². The zero-order valence-electron chi connectivity index (χ0n) is 14.6. The molecule has 2 N–H and O–H groups in total. The van der Waals surface area contributed by atoms with Crippen LogP contribution in [-0.4, -0.2) is 63.2 Å². The van der Waals surface area contributed by atoms with Crippen LogP contribution in [0, 0.1) is 10.1 Å². The third kappa shape index (κ3) is 7.89. The molecule has 0 fully saturated rings. The Balaban J connectivity index is 2.28. The number of nitrogens with zero attached hydrogens (tertiary/aromatic N) is 3. The molecule has 1 aromatic rings. The van der Waals surface area contributed by atoms with Crippen molar-refractivity contribution in [2.75, 3.05) is 47.4 Å². The Kier molecular flexibility index (Phi) is 9.40. The molecule has 0 saturated heterocycles. The van der Waals surface area contributed by atoms with Crippen molar-refractivity contribution in [2.45, 2.75) is 13.0 Å². The molecule has 0 radical (unpaired) electrons. The molecule has 0 aliphatic carbocycles. The molecule has 134 valence electrons. The van der Waals surface area contributed by atoms with Crippen molar-refractivity contribution in [1.29, 1.82) is 0 Å². The first-order chi connectivity index (χ1) is 11.6. The number of methoxy groups -OCH3 is 1. The summed E-state index contributed by atoms with van der Waals surface area (Å²) >= 11 is 0. The minimum atomic E-state index is -0.402. The van der Waals surface area contributed by atoms with Crippen molar-refractivity contribution < 1.29 is 9.66 Å². The molecule has 8 nitrogen and oxygen atoms in total. The largest absolute Gasteiger partial charge is 0.385 e. The number of hydrogen-bond donors (Lipinski definition) is 2. The summed E-state index contributed by atoms with van der Waals surface area (Å²) in [4.78, 5) is 16.6. The molecule has 0 aromatic heterocycles. The predicted octanol–water partition coefficient (Wildman–Crippen LogP) is 1.23. The molecular weight excluding hydrogens is 310 g/mol. The first-order valence-corrected chi connectivity index (χ1v) is 7.92. The van der Waals surface area contributed by atoms with Gasteiger partial charge in [-0.15, -0.1) is 0 Å². The van der Waals surface area contributed by atoms with E-state index in [1.807, 2.05) is 0 Å². The Labute approximate surface area is 143 Å². The summed E-state index contributed by atoms with van der Waals surface area (Å²) < 4.78 is 5.04. The van der Waals surface area contributed by atoms with Gasteiger partial charge in [-0.05, 0) is 19.0 Å². The van der Waals surface area contributed by atoms with Crippen molar-refractivity contribution in [3.63, 3.8) is 0 Å². The van der Waals surface area contributed by atoms with Gasteiger partial charge in [0, 0.05) is 59.1 Å². The van der Waals surface area contributed by atoms with Gasteiger partial charge in [0.1, 0.15) is 0 Å². The standard InChI is InChI=1S/C16H27N5O3/c1-17-16(18-9-11-20(2)10-4-12-24-3)19-13-14-5-7-15(8-6-14)21(22)23/h5-8H,4,9-13H2,1-3H3,(H2,17,18,19). The van der Waals surface area contributed by atoms with Crippen LogP contribution in [0.5, 0.6) is 0 Å². The van der Waals surface area contributed by atoms with E-state index in [1.54, 1.807) is 26.3 Å². The highest BCUT2D eigenvalue weighted by Gasteiger charge is 2.05. The fraction of sp³-hybridized carbons (Fsp3) is 0.562. The molecule has 8 heteroatoms. The van der Waals surface area contributed by atoms with Crippen molar-refractivity contribution >= 4 is 11.6 Å². The summed E-state index contributed by atoms with van der Waals surface area (Å²) in [6.07, 6.45) is 1.01. The first kappa shape index (κ1) is 19.9. The maximum atomic E-state index is 10.6. The Hall–Kier alpha value is -2.19. The van der Waals surface area contributed by atoms with Crippen LogP contribution in [0.25, 0.3) is 0 Å². The Morgan fingerprint density at radius 1 is 1.29 bits per heavy atom. The summed E-state index contributed by atoms with van der Waals surface area (Å²) in [5.41, 5.74) is 1.05. The maximum Gasteiger partial charge on any atom is 0.269 e. The molecule has 1 rings (SSSR count). The van der Waals surface area contributed by atoms with E-state index in [1.165, 1.54) is 12.1 Å². The van der Waals surface area contributed by atoms with Gasteiger partial charge in [-0.1, -0.05) is 12.1 Å². The Bertz CT molecular complexity index is 519. The van der Waals surface area contributed by atoms with E-state index < -0.39 is 4.92 Å². The summed E-state index contributed by atoms with van der Waals surface area (Å²) in [5.74, 6) is 0.707. The minimum absolute atomic E-state index is 0.0952. The summed E-state index contributed by atoms with van der Waals surface area (Å²) in [7, 11) is 5.50. The van der Waals surface area contributed by atoms with Crippen LogP contribution >= 0.6 is 0 Å². The molecule has 24 heavy (non-hydrogen) atoms. The zero-order valence-corrected chi connectivity index (χ0v) is 14.6. The van der Waals surface area contributed by atoms with Crippen molar-refractivity contribution in [2.24, 2.45) is 4.99 Å². The van der Waals surface area contributed by atoms with Gasteiger partial charge in [0.2, 0.25) is 0 Å². The van der Waals surface area contributed by atoms with Gasteiger partial charge in [0.25, 0.3) is 5.69 Å². The Morgan fingerprint density at radius 3 is 2.58 bits per heavy atom. The number of nitro groups is 1. The van der Waals surface area contributed by atoms with Gasteiger partial charge in [0.15, 0.2) is 5.96 Å². The fourth-order valence-electron chi connectivity index (χ4n) is 2.10. The third-order valence-electron chi connectivity index (χ3n) is 3.50. The number of nitrogens with one attached hydrogen (secondary N) is 2. The molecule has 0 aliphatic rings. The second-order valence-electron chi connectivity index (χ2n) is 5.43. The monoisotopic (exact) mass is 337 g/mol. The molecule has 0 spiro atoms. The van der Waals surface area contributed by atoms with Gasteiger partial charge in [-0.2, -0.15) is 0 Å². The molecule has 0 unspecified atom stereocenters. The number of non-ortho nitro benzene ring substituents is 1. The van der Waals surface area contributed by atoms with E-state index in [-0.39, 0.29) is 5.69 Å². The molecule has 0 saturated carbocycles. The SMILES string of the molecule is CN=C(NCCN(C)CCCOC)NCc1ccc([N+](=O)[O-])cc1. The normalized spacial score (nSPS) is 11.6. The number of guanidine groups is 1. The smallest absolute Gasteiger partial charge is 0.269 e. The van der Waals surface area contributed by atoms with E-state index in [2.05, 4.69) is 27.6 Å². The van der Waals surface area contributed by atoms with E-state index >= 15 is 0 Å². The maximum absolute atomic E-state index is 10.6. The van der Waals surface area contributed by atoms with Gasteiger partial charge in [-0.25, -0.2) is 0 Å². The number of rotatable bonds is 10. The molecule has 0 aliphatic heterocycles. The molecule has 0 amide bonds. The summed E-state index contributed by atoms with van der Waals surface area (Å²) in [5, 5.41) is 17.1. The second-order valence-corrected chi connectivity index (χ2v) is 5.43. The highest BCUT2D eigenvalue weighted by molar-refractivity contribution is 5.79. The number of aliphatic imine (C=N–C) groups is 1. The zero-order chi connectivity index (χ0) is 17.8. The first-order valence-electron chi connectivity index (χ1n) is 7.92. The molecule has 0 heterocycles. The van der Waals surface area contributed by atoms with Crippen molar-refractivity contribution in [3.8, 4) is 0 Å². The van der Waals surface area contributed by atoms with Gasteiger partial charge in [-0.3, -0.25) is 15.1 Å². The number of hydrogen-bond acceptors (Lipinski definition) is 5. The summed E-state index contributed by atoms with van der Waals surface area (Å²) in [6.45, 7) is 4.01. The van der Waals surface area contributed by atoms with Crippen LogP contribution in [0.1, 0.15) is 12.0 Å². The predicted molar refractivity (Wildman–Crippen MR) is 95.3 cm³/mol. The second kappa shape index (κ2) is 11.4. The van der Waals surface area contributed by atoms with Crippen LogP contribution in [0.2, 0.25) is 0 Å². The lowest BCUT2D eigenvalue weighted by molar-refractivity contribution is -0.384. The van der Waals surface area contributed by atoms with Crippen molar-refractivity contribution in [1.82, 2.24) is 15.5 Å². The molecule has 0 bridgehead atoms. The highest BCUT2D eigenvalue weighted by Crippen LogP contribution is 2.11. The number of benzene rings is 1. The number of likely N-dealkylation sites (N-methyl/N-ethyl adjacent to an activating group) is 1. The van der Waals surface area contributed by atoms with E-state index in [9.17, 15) is 10.1 Å². The molecule has 1 aromatic carbocycles. The van der Waals surface area contributed by atoms with Crippen LogP contribution in [-0.2, 0) is 11.3 Å². The van der Waals surface area contributed by atoms with Gasteiger partial charge in [0.05, 0.1) is 4.92 Å². The highest BCUT2D eigenvalue weighted by atomic mass is 16.6. The van der Waals surface area contributed by atoms with Gasteiger partial charge >= 0.3 is 0 Å². The molecule has 0 atom stereocenters. The van der Waals surface area contributed by atoms with E-state index in [0.29, 0.717) is 12.5 Å². The summed E-state index contributed by atoms with van der Waals surface area (Å²) in [6, 6.07) is 6.48.